The van der Waals surface area contributed by atoms with Gasteiger partial charge in [-0.05, 0) is 17.2 Å². The monoisotopic (exact) mass is 331 g/mol. The van der Waals surface area contributed by atoms with Crippen LogP contribution < -0.4 is 5.32 Å². The van der Waals surface area contributed by atoms with E-state index in [9.17, 15) is 5.11 Å². The Bertz CT molecular complexity index is 600. The SMILES string of the molecule is CO[C@@H]1COC[C@@H](CNCc2ccc(Cn3cccn3)cc2)[C@@H]1O. The van der Waals surface area contributed by atoms with Gasteiger partial charge in [0.25, 0.3) is 0 Å². The Balaban J connectivity index is 1.45. The molecular weight excluding hydrogens is 306 g/mol. The highest BCUT2D eigenvalue weighted by molar-refractivity contribution is 5.22. The van der Waals surface area contributed by atoms with E-state index in [4.69, 9.17) is 9.47 Å². The number of nitrogens with one attached hydrogen (secondary N) is 1. The number of aliphatic hydroxyl groups is 1. The molecule has 0 spiro atoms. The molecule has 6 nitrogen and oxygen atoms in total. The van der Waals surface area contributed by atoms with Crippen molar-refractivity contribution in [3.8, 4) is 0 Å². The van der Waals surface area contributed by atoms with Crippen molar-refractivity contribution in [3.05, 3.63) is 53.9 Å². The second kappa shape index (κ2) is 8.39. The molecule has 24 heavy (non-hydrogen) atoms. The quantitative estimate of drug-likeness (QED) is 0.793. The molecule has 3 rings (SSSR count). The first-order chi connectivity index (χ1) is 11.8. The molecule has 2 N–H and O–H groups in total. The van der Waals surface area contributed by atoms with E-state index in [1.165, 1.54) is 11.1 Å². The van der Waals surface area contributed by atoms with Gasteiger partial charge in [-0.1, -0.05) is 24.3 Å². The van der Waals surface area contributed by atoms with Crippen molar-refractivity contribution in [1.82, 2.24) is 15.1 Å². The maximum Gasteiger partial charge on any atom is 0.107 e. The summed E-state index contributed by atoms with van der Waals surface area (Å²) in [7, 11) is 1.61. The highest BCUT2D eigenvalue weighted by Crippen LogP contribution is 2.17. The number of aromatic nitrogens is 2. The summed E-state index contributed by atoms with van der Waals surface area (Å²) >= 11 is 0. The average molecular weight is 331 g/mol. The minimum Gasteiger partial charge on any atom is -0.390 e. The van der Waals surface area contributed by atoms with Crippen molar-refractivity contribution in [3.63, 3.8) is 0 Å². The first kappa shape index (κ1) is 17.1. The summed E-state index contributed by atoms with van der Waals surface area (Å²) in [5.74, 6) is 0.0581. The first-order valence-electron chi connectivity index (χ1n) is 8.31. The second-order valence-corrected chi connectivity index (χ2v) is 6.21. The topological polar surface area (TPSA) is 68.5 Å². The molecule has 0 saturated carbocycles. The number of hydrogen-bond donors (Lipinski definition) is 2. The van der Waals surface area contributed by atoms with E-state index in [1.807, 2.05) is 16.9 Å². The van der Waals surface area contributed by atoms with Gasteiger partial charge in [0.05, 0.1) is 25.9 Å². The number of rotatable bonds is 7. The zero-order valence-corrected chi connectivity index (χ0v) is 14.0. The van der Waals surface area contributed by atoms with E-state index in [-0.39, 0.29) is 12.0 Å². The fraction of sp³-hybridized carbons (Fsp3) is 0.500. The van der Waals surface area contributed by atoms with Crippen LogP contribution in [0.4, 0.5) is 0 Å². The zero-order chi connectivity index (χ0) is 16.8. The van der Waals surface area contributed by atoms with Crippen LogP contribution in [0.2, 0.25) is 0 Å². The summed E-state index contributed by atoms with van der Waals surface area (Å²) in [6.45, 7) is 3.28. The van der Waals surface area contributed by atoms with Gasteiger partial charge in [0.1, 0.15) is 6.10 Å². The summed E-state index contributed by atoms with van der Waals surface area (Å²) in [4.78, 5) is 0. The van der Waals surface area contributed by atoms with Crippen LogP contribution in [0.5, 0.6) is 0 Å². The van der Waals surface area contributed by atoms with Crippen LogP contribution >= 0.6 is 0 Å². The van der Waals surface area contributed by atoms with Gasteiger partial charge in [-0.25, -0.2) is 0 Å². The molecular formula is C18H25N3O3. The van der Waals surface area contributed by atoms with Crippen LogP contribution in [0.1, 0.15) is 11.1 Å². The smallest absolute Gasteiger partial charge is 0.107 e. The molecule has 3 atom stereocenters. The Morgan fingerprint density at radius 1 is 1.29 bits per heavy atom. The van der Waals surface area contributed by atoms with E-state index in [0.29, 0.717) is 19.8 Å². The van der Waals surface area contributed by atoms with Crippen LogP contribution in [0.3, 0.4) is 0 Å². The highest BCUT2D eigenvalue weighted by Gasteiger charge is 2.32. The van der Waals surface area contributed by atoms with E-state index in [0.717, 1.165) is 13.1 Å². The molecule has 0 bridgehead atoms. The van der Waals surface area contributed by atoms with Crippen LogP contribution in [-0.2, 0) is 22.6 Å². The van der Waals surface area contributed by atoms with Crippen LogP contribution in [0.15, 0.2) is 42.7 Å². The largest absolute Gasteiger partial charge is 0.390 e. The van der Waals surface area contributed by atoms with Gasteiger partial charge >= 0.3 is 0 Å². The Morgan fingerprint density at radius 2 is 2.08 bits per heavy atom. The van der Waals surface area contributed by atoms with Gasteiger partial charge in [0.15, 0.2) is 0 Å². The van der Waals surface area contributed by atoms with Gasteiger partial charge in [-0.3, -0.25) is 4.68 Å². The minimum absolute atomic E-state index is 0.0581. The molecule has 130 valence electrons. The Morgan fingerprint density at radius 3 is 2.79 bits per heavy atom. The summed E-state index contributed by atoms with van der Waals surface area (Å²) < 4.78 is 12.6. The van der Waals surface area contributed by atoms with Crippen molar-refractivity contribution in [1.29, 1.82) is 0 Å². The van der Waals surface area contributed by atoms with E-state index in [1.54, 1.807) is 13.3 Å². The number of hydrogen-bond acceptors (Lipinski definition) is 5. The summed E-state index contributed by atoms with van der Waals surface area (Å²) in [6, 6.07) is 10.4. The third-order valence-corrected chi connectivity index (χ3v) is 4.44. The van der Waals surface area contributed by atoms with E-state index < -0.39 is 6.10 Å². The summed E-state index contributed by atoms with van der Waals surface area (Å²) in [5, 5.41) is 17.8. The molecule has 6 heteroatoms. The highest BCUT2D eigenvalue weighted by atomic mass is 16.5. The van der Waals surface area contributed by atoms with E-state index >= 15 is 0 Å². The second-order valence-electron chi connectivity index (χ2n) is 6.21. The average Bonchev–Trinajstić information content (AvgIpc) is 3.11. The van der Waals surface area contributed by atoms with Crippen molar-refractivity contribution in [2.24, 2.45) is 5.92 Å². The van der Waals surface area contributed by atoms with Crippen LogP contribution in [0.25, 0.3) is 0 Å². The van der Waals surface area contributed by atoms with Gasteiger partial charge in [-0.2, -0.15) is 5.10 Å². The predicted octanol–water partition coefficient (Wildman–Crippen LogP) is 1.04. The maximum atomic E-state index is 10.2. The Hall–Kier alpha value is -1.73. The zero-order valence-electron chi connectivity index (χ0n) is 14.0. The molecule has 1 fully saturated rings. The summed E-state index contributed by atoms with van der Waals surface area (Å²) in [5.41, 5.74) is 2.44. The Kier molecular flexibility index (Phi) is 5.98. The first-order valence-corrected chi connectivity index (χ1v) is 8.31. The predicted molar refractivity (Wildman–Crippen MR) is 90.6 cm³/mol. The van der Waals surface area contributed by atoms with Gasteiger partial charge in [0, 0.05) is 38.5 Å². The molecule has 2 aromatic rings. The molecule has 1 aliphatic heterocycles. The third kappa shape index (κ3) is 4.42. The molecule has 0 radical (unpaired) electrons. The van der Waals surface area contributed by atoms with Gasteiger partial charge in [-0.15, -0.1) is 0 Å². The molecule has 0 aliphatic carbocycles. The molecule has 2 heterocycles. The molecule has 0 unspecified atom stereocenters. The number of ether oxygens (including phenoxy) is 2. The van der Waals surface area contributed by atoms with Crippen molar-refractivity contribution in [2.75, 3.05) is 26.9 Å². The van der Waals surface area contributed by atoms with Crippen molar-refractivity contribution in [2.45, 2.75) is 25.3 Å². The standard InChI is InChI=1S/C18H25N3O3/c1-23-17-13-24-12-16(18(17)22)10-19-9-14-3-5-15(6-4-14)11-21-8-2-7-20-21/h2-8,16-19,22H,9-13H2,1H3/t16-,17-,18+/m1/s1. The summed E-state index contributed by atoms with van der Waals surface area (Å²) in [6.07, 6.45) is 3.04. The van der Waals surface area contributed by atoms with Crippen LogP contribution in [-0.4, -0.2) is 54.0 Å². The van der Waals surface area contributed by atoms with Gasteiger partial charge < -0.3 is 19.9 Å². The lowest BCUT2D eigenvalue weighted by molar-refractivity contribution is -0.133. The molecule has 1 aromatic heterocycles. The fourth-order valence-electron chi connectivity index (χ4n) is 2.97. The normalized spacial score (nSPS) is 24.2. The fourth-order valence-corrected chi connectivity index (χ4v) is 2.97. The third-order valence-electron chi connectivity index (χ3n) is 4.44. The lowest BCUT2D eigenvalue weighted by atomic mass is 9.96. The maximum absolute atomic E-state index is 10.2. The minimum atomic E-state index is -0.479. The van der Waals surface area contributed by atoms with Crippen LogP contribution in [0, 0.1) is 5.92 Å². The van der Waals surface area contributed by atoms with Crippen molar-refractivity contribution < 1.29 is 14.6 Å². The number of aliphatic hydroxyl groups excluding tert-OH is 1. The lowest BCUT2D eigenvalue weighted by Crippen LogP contribution is -2.48. The lowest BCUT2D eigenvalue weighted by Gasteiger charge is -2.33. The molecule has 1 aromatic carbocycles. The number of methoxy groups -OCH3 is 1. The molecule has 0 amide bonds. The number of benzene rings is 1. The molecule has 1 aliphatic rings. The number of nitrogens with zero attached hydrogens (tertiary/aromatic N) is 2. The van der Waals surface area contributed by atoms with Gasteiger partial charge in [0.2, 0.25) is 0 Å². The van der Waals surface area contributed by atoms with Crippen molar-refractivity contribution >= 4 is 0 Å². The Labute approximate surface area is 142 Å². The molecule has 1 saturated heterocycles. The van der Waals surface area contributed by atoms with E-state index in [2.05, 4.69) is 34.7 Å².